The van der Waals surface area contributed by atoms with Crippen molar-refractivity contribution in [1.29, 1.82) is 0 Å². The van der Waals surface area contributed by atoms with Crippen molar-refractivity contribution in [3.05, 3.63) is 37.0 Å². The lowest BCUT2D eigenvalue weighted by Gasteiger charge is -1.97. The third-order valence-electron chi connectivity index (χ3n) is 0.857. The summed E-state index contributed by atoms with van der Waals surface area (Å²) in [5, 5.41) is 0. The smallest absolute Gasteiger partial charge is 0.200 e. The first-order chi connectivity index (χ1) is 6.00. The topological polar surface area (TPSA) is 42.8 Å². The van der Waals surface area contributed by atoms with Crippen molar-refractivity contribution in [3.8, 4) is 0 Å². The van der Waals surface area contributed by atoms with E-state index >= 15 is 0 Å². The van der Waals surface area contributed by atoms with Gasteiger partial charge < -0.3 is 9.02 Å². The number of hydroxylamine groups is 1. The minimum Gasteiger partial charge on any atom is -0.412 e. The summed E-state index contributed by atoms with van der Waals surface area (Å²) < 4.78 is 8.27. The van der Waals surface area contributed by atoms with Crippen LogP contribution < -0.4 is 5.48 Å². The molecule has 0 saturated heterocycles. The Labute approximate surface area is 74.9 Å². The van der Waals surface area contributed by atoms with Crippen LogP contribution in [0.3, 0.4) is 0 Å². The maximum absolute atomic E-state index is 4.61. The van der Waals surface area contributed by atoms with Gasteiger partial charge in [0.15, 0.2) is 0 Å². The summed E-state index contributed by atoms with van der Waals surface area (Å²) in [5.41, 5.74) is 2.52. The molecule has 64 valence electrons. The highest BCUT2D eigenvalue weighted by atomic mass is 32.2. The molecule has 0 amide bonds. The average molecular weight is 184 g/mol. The fraction of sp³-hybridized carbons (Fsp3) is 0. The summed E-state index contributed by atoms with van der Waals surface area (Å²) in [5.74, 6) is 0. The van der Waals surface area contributed by atoms with Crippen LogP contribution in [0.2, 0.25) is 0 Å². The highest BCUT2D eigenvalue weighted by molar-refractivity contribution is 7.93. The zero-order valence-corrected chi connectivity index (χ0v) is 7.03. The van der Waals surface area contributed by atoms with Gasteiger partial charge in [-0.2, -0.15) is 4.40 Å². The van der Waals surface area contributed by atoms with E-state index in [4.69, 9.17) is 0 Å². The van der Waals surface area contributed by atoms with E-state index in [0.717, 1.165) is 12.2 Å². The van der Waals surface area contributed by atoms with Crippen LogP contribution in [0.15, 0.2) is 41.3 Å². The molecule has 0 spiro atoms. The molecule has 5 heteroatoms. The monoisotopic (exact) mass is 184 g/mol. The lowest BCUT2D eigenvalue weighted by Crippen LogP contribution is -2.01. The Morgan fingerprint density at radius 1 is 1.17 bits per heavy atom. The lowest BCUT2D eigenvalue weighted by molar-refractivity contribution is 0.172. The normalized spacial score (nSPS) is 16.7. The minimum absolute atomic E-state index is 1.08. The first-order valence-corrected chi connectivity index (χ1v) is 3.94. The van der Waals surface area contributed by atoms with Gasteiger partial charge in [-0.15, -0.1) is 0 Å². The van der Waals surface area contributed by atoms with Gasteiger partial charge >= 0.3 is 0 Å². The SMILES string of the molecule is C1=CNOC=C1.C1=COSN=C1. The van der Waals surface area contributed by atoms with Crippen molar-refractivity contribution >= 4 is 18.4 Å². The Hall–Kier alpha value is -1.36. The van der Waals surface area contributed by atoms with Crippen molar-refractivity contribution in [1.82, 2.24) is 5.48 Å². The van der Waals surface area contributed by atoms with E-state index in [0.29, 0.717) is 0 Å². The van der Waals surface area contributed by atoms with Crippen molar-refractivity contribution in [2.24, 2.45) is 4.40 Å². The van der Waals surface area contributed by atoms with Gasteiger partial charge in [-0.25, -0.2) is 5.48 Å². The number of allylic oxidation sites excluding steroid dienone is 3. The van der Waals surface area contributed by atoms with Crippen molar-refractivity contribution in [3.63, 3.8) is 0 Å². The zero-order chi connectivity index (χ0) is 8.49. The van der Waals surface area contributed by atoms with Gasteiger partial charge in [0.05, 0.1) is 0 Å². The molecule has 0 saturated carbocycles. The summed E-state index contributed by atoms with van der Waals surface area (Å²) in [7, 11) is 0. The summed E-state index contributed by atoms with van der Waals surface area (Å²) in [6.07, 6.45) is 11.9. The highest BCUT2D eigenvalue weighted by Gasteiger charge is 1.79. The second kappa shape index (κ2) is 6.36. The first kappa shape index (κ1) is 8.73. The highest BCUT2D eigenvalue weighted by Crippen LogP contribution is 2.05. The summed E-state index contributed by atoms with van der Waals surface area (Å²) in [4.78, 5) is 4.55. The van der Waals surface area contributed by atoms with E-state index < -0.39 is 0 Å². The lowest BCUT2D eigenvalue weighted by atomic mass is 10.6. The van der Waals surface area contributed by atoms with Crippen LogP contribution in [0.25, 0.3) is 0 Å². The molecular weight excluding hydrogens is 176 g/mol. The number of hydrogen-bond donors (Lipinski definition) is 1. The molecule has 0 aromatic rings. The van der Waals surface area contributed by atoms with E-state index in [9.17, 15) is 0 Å². The summed E-state index contributed by atoms with van der Waals surface area (Å²) in [6, 6.07) is 0. The molecule has 2 aliphatic heterocycles. The molecule has 0 atom stereocenters. The number of nitrogens with one attached hydrogen (secondary N) is 1. The Morgan fingerprint density at radius 2 is 2.17 bits per heavy atom. The Bertz CT molecular complexity index is 175. The van der Waals surface area contributed by atoms with Crippen molar-refractivity contribution < 1.29 is 9.02 Å². The maximum atomic E-state index is 4.61. The van der Waals surface area contributed by atoms with Gasteiger partial charge in [0, 0.05) is 12.4 Å². The third-order valence-corrected chi connectivity index (χ3v) is 1.26. The second-order valence-electron chi connectivity index (χ2n) is 1.68. The van der Waals surface area contributed by atoms with Crippen LogP contribution >= 0.6 is 12.2 Å². The number of nitrogens with zero attached hydrogens (tertiary/aromatic N) is 1. The Balaban J connectivity index is 0.000000120. The molecule has 0 unspecified atom stereocenters. The van der Waals surface area contributed by atoms with Crippen molar-refractivity contribution in [2.75, 3.05) is 0 Å². The molecule has 2 aliphatic rings. The second-order valence-corrected chi connectivity index (χ2v) is 2.23. The van der Waals surface area contributed by atoms with E-state index in [2.05, 4.69) is 18.9 Å². The largest absolute Gasteiger partial charge is 0.412 e. The van der Waals surface area contributed by atoms with E-state index in [-0.39, 0.29) is 0 Å². The molecule has 0 radical (unpaired) electrons. The molecule has 0 aromatic carbocycles. The van der Waals surface area contributed by atoms with Crippen LogP contribution in [0.1, 0.15) is 0 Å². The van der Waals surface area contributed by atoms with Crippen molar-refractivity contribution in [2.45, 2.75) is 0 Å². The van der Waals surface area contributed by atoms with Crippen LogP contribution in [0.4, 0.5) is 0 Å². The quantitative estimate of drug-likeness (QED) is 0.459. The Kier molecular flexibility index (Phi) is 4.63. The molecule has 1 N–H and O–H groups in total. The van der Waals surface area contributed by atoms with Crippen LogP contribution in [0, 0.1) is 0 Å². The molecule has 12 heavy (non-hydrogen) atoms. The maximum Gasteiger partial charge on any atom is 0.200 e. The zero-order valence-electron chi connectivity index (χ0n) is 6.21. The molecule has 0 fully saturated rings. The molecule has 0 bridgehead atoms. The predicted octanol–water partition coefficient (Wildman–Crippen LogP) is 1.71. The summed E-state index contributed by atoms with van der Waals surface area (Å²) in [6.45, 7) is 0. The van der Waals surface area contributed by atoms with Gasteiger partial charge in [0.1, 0.15) is 12.5 Å². The number of hydrogen-bond acceptors (Lipinski definition) is 5. The molecular formula is C7H8N2O2S. The fourth-order valence-electron chi connectivity index (χ4n) is 0.435. The third kappa shape index (κ3) is 4.45. The van der Waals surface area contributed by atoms with Gasteiger partial charge in [-0.05, 0) is 18.2 Å². The van der Waals surface area contributed by atoms with Gasteiger partial charge in [0.25, 0.3) is 0 Å². The minimum atomic E-state index is 1.08. The fourth-order valence-corrected chi connectivity index (χ4v) is 0.718. The molecule has 0 aromatic heterocycles. The Morgan fingerprint density at radius 3 is 2.33 bits per heavy atom. The van der Waals surface area contributed by atoms with Crippen LogP contribution in [0.5, 0.6) is 0 Å². The van der Waals surface area contributed by atoms with E-state index in [1.807, 2.05) is 6.08 Å². The van der Waals surface area contributed by atoms with Gasteiger partial charge in [-0.3, -0.25) is 0 Å². The predicted molar refractivity (Wildman–Crippen MR) is 48.8 cm³/mol. The van der Waals surface area contributed by atoms with Crippen LogP contribution in [-0.2, 0) is 9.02 Å². The standard InChI is InChI=1S/C4H5NO.C3H3NOS/c2*1-2-4-6-5-3-1/h1-5H;1-3H. The summed E-state index contributed by atoms with van der Waals surface area (Å²) >= 11 is 1.08. The average Bonchev–Trinajstić information content (AvgIpc) is 2.24. The van der Waals surface area contributed by atoms with Crippen LogP contribution in [-0.4, -0.2) is 6.21 Å². The van der Waals surface area contributed by atoms with Gasteiger partial charge in [0.2, 0.25) is 12.2 Å². The molecule has 2 heterocycles. The van der Waals surface area contributed by atoms with Gasteiger partial charge in [-0.1, -0.05) is 0 Å². The van der Waals surface area contributed by atoms with E-state index in [1.54, 1.807) is 37.1 Å². The molecule has 4 nitrogen and oxygen atoms in total. The first-order valence-electron chi connectivity index (χ1n) is 3.24. The molecule has 2 rings (SSSR count). The molecule has 0 aliphatic carbocycles. The number of rotatable bonds is 0. The van der Waals surface area contributed by atoms with E-state index in [1.165, 1.54) is 0 Å².